The van der Waals surface area contributed by atoms with Crippen molar-refractivity contribution in [2.45, 2.75) is 32.1 Å². The number of carbonyl (C=O) groups is 2. The number of carboxylic acid groups (broad SMARTS) is 1. The highest BCUT2D eigenvalue weighted by molar-refractivity contribution is 7.14. The van der Waals surface area contributed by atoms with Crippen molar-refractivity contribution in [1.82, 2.24) is 4.90 Å². The van der Waals surface area contributed by atoms with Crippen LogP contribution >= 0.6 is 11.3 Å². The number of nitrogens with zero attached hydrogens (tertiary/aromatic N) is 1. The third-order valence-electron chi connectivity index (χ3n) is 3.18. The minimum absolute atomic E-state index is 0.185. The van der Waals surface area contributed by atoms with Gasteiger partial charge in [0.15, 0.2) is 0 Å². The first-order valence-corrected chi connectivity index (χ1v) is 6.98. The summed E-state index contributed by atoms with van der Waals surface area (Å²) in [7, 11) is 1.53. The predicted molar refractivity (Wildman–Crippen MR) is 70.2 cm³/mol. The van der Waals surface area contributed by atoms with E-state index in [0.717, 1.165) is 12.8 Å². The molecule has 1 aliphatic rings. The molecule has 0 aromatic carbocycles. The molecular formula is C13H17NO3S. The zero-order valence-corrected chi connectivity index (χ0v) is 11.3. The lowest BCUT2D eigenvalue weighted by molar-refractivity contribution is -0.137. The van der Waals surface area contributed by atoms with E-state index >= 15 is 0 Å². The van der Waals surface area contributed by atoms with Gasteiger partial charge in [0.2, 0.25) is 0 Å². The van der Waals surface area contributed by atoms with E-state index in [0.29, 0.717) is 4.88 Å². The molecule has 4 nitrogen and oxygen atoms in total. The van der Waals surface area contributed by atoms with Gasteiger partial charge in [-0.3, -0.25) is 9.59 Å². The second-order valence-electron chi connectivity index (χ2n) is 4.67. The van der Waals surface area contributed by atoms with E-state index in [9.17, 15) is 9.59 Å². The number of carboxylic acids is 1. The normalized spacial score (nSPS) is 14.7. The van der Waals surface area contributed by atoms with E-state index in [1.807, 2.05) is 6.07 Å². The molecule has 1 aliphatic carbocycles. The summed E-state index contributed by atoms with van der Waals surface area (Å²) in [5, 5.41) is 8.69. The van der Waals surface area contributed by atoms with Gasteiger partial charge in [-0.05, 0) is 37.3 Å². The van der Waals surface area contributed by atoms with Crippen LogP contribution in [0.3, 0.4) is 0 Å². The summed E-state index contributed by atoms with van der Waals surface area (Å²) in [6.45, 7) is -0.249. The van der Waals surface area contributed by atoms with E-state index in [4.69, 9.17) is 5.11 Å². The molecule has 5 heteroatoms. The molecular weight excluding hydrogens is 250 g/mol. The summed E-state index contributed by atoms with van der Waals surface area (Å²) in [4.78, 5) is 25.9. The van der Waals surface area contributed by atoms with Gasteiger partial charge in [0, 0.05) is 11.9 Å². The van der Waals surface area contributed by atoms with Gasteiger partial charge in [-0.1, -0.05) is 6.42 Å². The second-order valence-corrected chi connectivity index (χ2v) is 5.81. The summed E-state index contributed by atoms with van der Waals surface area (Å²) in [5.74, 6) is -1.17. The Hall–Kier alpha value is -1.36. The number of hydrogen-bond acceptors (Lipinski definition) is 3. The number of thiophene rings is 1. The minimum atomic E-state index is -0.982. The fourth-order valence-electron chi connectivity index (χ4n) is 2.24. The molecule has 0 unspecified atom stereocenters. The highest BCUT2D eigenvalue weighted by atomic mass is 32.1. The van der Waals surface area contributed by atoms with Crippen LogP contribution < -0.4 is 0 Å². The van der Waals surface area contributed by atoms with Gasteiger partial charge in [0.05, 0.1) is 4.88 Å². The van der Waals surface area contributed by atoms with Crippen molar-refractivity contribution in [2.75, 3.05) is 13.6 Å². The van der Waals surface area contributed by atoms with Crippen molar-refractivity contribution < 1.29 is 14.7 Å². The van der Waals surface area contributed by atoms with Crippen LogP contribution in [0.15, 0.2) is 6.07 Å². The Bertz CT molecular complexity index is 443. The number of likely N-dealkylation sites (N-methyl/N-ethyl adjacent to an activating group) is 1. The number of aliphatic carboxylic acids is 1. The smallest absolute Gasteiger partial charge is 0.323 e. The maximum Gasteiger partial charge on any atom is 0.323 e. The Morgan fingerprint density at radius 3 is 2.78 bits per heavy atom. The van der Waals surface area contributed by atoms with Crippen molar-refractivity contribution in [2.24, 2.45) is 0 Å². The summed E-state index contributed by atoms with van der Waals surface area (Å²) >= 11 is 1.53. The number of hydrogen-bond donors (Lipinski definition) is 1. The Morgan fingerprint density at radius 2 is 2.06 bits per heavy atom. The van der Waals surface area contributed by atoms with Gasteiger partial charge in [0.1, 0.15) is 6.54 Å². The van der Waals surface area contributed by atoms with Gasteiger partial charge in [0.25, 0.3) is 5.91 Å². The monoisotopic (exact) mass is 267 g/mol. The van der Waals surface area contributed by atoms with Crippen molar-refractivity contribution in [3.05, 3.63) is 21.4 Å². The minimum Gasteiger partial charge on any atom is -0.480 e. The van der Waals surface area contributed by atoms with Crippen LogP contribution in [0.5, 0.6) is 0 Å². The van der Waals surface area contributed by atoms with Gasteiger partial charge in [-0.15, -0.1) is 11.3 Å². The molecule has 1 amide bonds. The first-order valence-electron chi connectivity index (χ1n) is 6.17. The zero-order chi connectivity index (χ0) is 13.1. The first kappa shape index (κ1) is 13.1. The Balaban J connectivity index is 2.14. The van der Waals surface area contributed by atoms with E-state index in [-0.39, 0.29) is 12.5 Å². The van der Waals surface area contributed by atoms with E-state index in [1.165, 1.54) is 53.0 Å². The topological polar surface area (TPSA) is 57.6 Å². The average Bonchev–Trinajstić information content (AvgIpc) is 2.59. The second kappa shape index (κ2) is 5.52. The number of rotatable bonds is 3. The van der Waals surface area contributed by atoms with E-state index < -0.39 is 5.97 Å². The lowest BCUT2D eigenvalue weighted by Crippen LogP contribution is -2.31. The lowest BCUT2D eigenvalue weighted by Gasteiger charge is -2.12. The van der Waals surface area contributed by atoms with Gasteiger partial charge in [-0.25, -0.2) is 0 Å². The number of aryl methyl sites for hydroxylation is 2. The summed E-state index contributed by atoms with van der Waals surface area (Å²) in [5.41, 5.74) is 1.28. The average molecular weight is 267 g/mol. The van der Waals surface area contributed by atoms with Gasteiger partial charge >= 0.3 is 5.97 Å². The number of carbonyl (C=O) groups excluding carboxylic acids is 1. The number of amides is 1. The molecule has 0 saturated carbocycles. The fourth-order valence-corrected chi connectivity index (χ4v) is 3.48. The van der Waals surface area contributed by atoms with Gasteiger partial charge < -0.3 is 10.0 Å². The number of fused-ring (bicyclic) bond motifs is 1. The van der Waals surface area contributed by atoms with Crippen LogP contribution in [0.1, 0.15) is 39.4 Å². The maximum absolute atomic E-state index is 12.1. The van der Waals surface area contributed by atoms with Crippen molar-refractivity contribution in [3.63, 3.8) is 0 Å². The van der Waals surface area contributed by atoms with Crippen molar-refractivity contribution in [1.29, 1.82) is 0 Å². The zero-order valence-electron chi connectivity index (χ0n) is 10.4. The highest BCUT2D eigenvalue weighted by Crippen LogP contribution is 2.29. The Kier molecular flexibility index (Phi) is 4.01. The van der Waals surface area contributed by atoms with Crippen LogP contribution in [0.25, 0.3) is 0 Å². The summed E-state index contributed by atoms with van der Waals surface area (Å²) < 4.78 is 0. The fraction of sp³-hybridized carbons (Fsp3) is 0.538. The first-order chi connectivity index (χ1) is 8.58. The molecule has 2 rings (SSSR count). The maximum atomic E-state index is 12.1. The molecule has 0 saturated heterocycles. The quantitative estimate of drug-likeness (QED) is 0.854. The molecule has 0 fully saturated rings. The molecule has 1 heterocycles. The van der Waals surface area contributed by atoms with Gasteiger partial charge in [-0.2, -0.15) is 0 Å². The SMILES string of the molecule is CN(CC(=O)O)C(=O)c1cc2c(s1)CCCCC2. The summed E-state index contributed by atoms with van der Waals surface area (Å²) in [6, 6.07) is 1.95. The third kappa shape index (κ3) is 2.90. The molecule has 18 heavy (non-hydrogen) atoms. The molecule has 1 N–H and O–H groups in total. The van der Waals surface area contributed by atoms with Crippen LogP contribution in [-0.2, 0) is 17.6 Å². The predicted octanol–water partition coefficient (Wildman–Crippen LogP) is 2.17. The van der Waals surface area contributed by atoms with Crippen molar-refractivity contribution >= 4 is 23.2 Å². The summed E-state index contributed by atoms with van der Waals surface area (Å²) in [6.07, 6.45) is 5.72. The lowest BCUT2D eigenvalue weighted by atomic mass is 10.1. The van der Waals surface area contributed by atoms with E-state index in [2.05, 4.69) is 0 Å². The largest absolute Gasteiger partial charge is 0.480 e. The standard InChI is InChI=1S/C13H17NO3S/c1-14(8-12(15)16)13(17)11-7-9-5-3-2-4-6-10(9)18-11/h7H,2-6,8H2,1H3,(H,15,16). The van der Waals surface area contributed by atoms with Crippen LogP contribution in [0.2, 0.25) is 0 Å². The molecule has 0 aliphatic heterocycles. The molecule has 0 radical (unpaired) electrons. The van der Waals surface area contributed by atoms with Crippen LogP contribution in [-0.4, -0.2) is 35.5 Å². The van der Waals surface area contributed by atoms with Crippen LogP contribution in [0.4, 0.5) is 0 Å². The highest BCUT2D eigenvalue weighted by Gasteiger charge is 2.20. The molecule has 0 atom stereocenters. The molecule has 98 valence electrons. The molecule has 0 bridgehead atoms. The van der Waals surface area contributed by atoms with Crippen molar-refractivity contribution in [3.8, 4) is 0 Å². The van der Waals surface area contributed by atoms with Crippen LogP contribution in [0, 0.1) is 0 Å². The molecule has 0 spiro atoms. The third-order valence-corrected chi connectivity index (χ3v) is 4.40. The molecule has 1 aromatic rings. The van der Waals surface area contributed by atoms with E-state index in [1.54, 1.807) is 0 Å². The Labute approximate surface area is 110 Å². The molecule has 1 aromatic heterocycles. The Morgan fingerprint density at radius 1 is 1.33 bits per heavy atom.